The number of amides is 1. The molecule has 0 aromatic heterocycles. The number of likely N-dealkylation sites (tertiary alicyclic amines) is 1. The third-order valence-electron chi connectivity index (χ3n) is 5.73. The number of aromatic hydroxyl groups is 1. The van der Waals surface area contributed by atoms with Crippen molar-refractivity contribution in [3.63, 3.8) is 0 Å². The Balaban J connectivity index is 1.24. The van der Waals surface area contributed by atoms with Crippen molar-refractivity contribution in [1.82, 2.24) is 4.90 Å². The van der Waals surface area contributed by atoms with Crippen LogP contribution in [0.4, 0.5) is 10.5 Å². The van der Waals surface area contributed by atoms with Crippen LogP contribution in [0.1, 0.15) is 18.4 Å². The van der Waals surface area contributed by atoms with Gasteiger partial charge >= 0.3 is 18.0 Å². The fraction of sp³-hybridized carbons (Fsp3) is 0.222. The quantitative estimate of drug-likeness (QED) is 0.322. The number of phenolic OH excluding ortho intramolecular Hbond substituents is 1. The van der Waals surface area contributed by atoms with Gasteiger partial charge in [-0.25, -0.2) is 14.4 Å². The van der Waals surface area contributed by atoms with Gasteiger partial charge in [0.1, 0.15) is 11.9 Å². The van der Waals surface area contributed by atoms with Gasteiger partial charge in [-0.05, 0) is 42.2 Å². The van der Waals surface area contributed by atoms with Crippen LogP contribution in [0, 0.1) is 0 Å². The van der Waals surface area contributed by atoms with E-state index in [1.165, 1.54) is 0 Å². The number of benzene rings is 3. The number of rotatable bonds is 5. The van der Waals surface area contributed by atoms with Crippen LogP contribution in [0.5, 0.6) is 5.75 Å². The maximum absolute atomic E-state index is 12.3. The highest BCUT2D eigenvalue weighted by Gasteiger charge is 2.28. The number of hydrogen-bond acceptors (Lipinski definition) is 7. The Labute approximate surface area is 203 Å². The summed E-state index contributed by atoms with van der Waals surface area (Å²) < 4.78 is 9.92. The number of esters is 2. The van der Waals surface area contributed by atoms with Crippen molar-refractivity contribution in [3.05, 3.63) is 84.4 Å². The molecule has 35 heavy (non-hydrogen) atoms. The zero-order valence-electron chi connectivity index (χ0n) is 19.1. The van der Waals surface area contributed by atoms with Crippen LogP contribution in [0.2, 0.25) is 0 Å². The first-order chi connectivity index (χ1) is 17.0. The van der Waals surface area contributed by atoms with Crippen LogP contribution < -0.4 is 5.32 Å². The largest absolute Gasteiger partial charge is 0.508 e. The minimum absolute atomic E-state index is 0.220. The second-order valence-corrected chi connectivity index (χ2v) is 8.26. The highest BCUT2D eigenvalue weighted by Crippen LogP contribution is 2.27. The summed E-state index contributed by atoms with van der Waals surface area (Å²) in [4.78, 5) is 38.7. The maximum atomic E-state index is 12.3. The van der Waals surface area contributed by atoms with E-state index in [2.05, 4.69) is 15.0 Å². The van der Waals surface area contributed by atoms with Gasteiger partial charge in [-0.2, -0.15) is 0 Å². The van der Waals surface area contributed by atoms with E-state index < -0.39 is 24.1 Å². The average molecular weight is 475 g/mol. The molecule has 3 aromatic rings. The summed E-state index contributed by atoms with van der Waals surface area (Å²) in [6, 6.07) is 23.6. The number of hydrogen-bond donors (Lipinski definition) is 2. The molecule has 0 radical (unpaired) electrons. The number of ether oxygens (including phenoxy) is 2. The number of piperidine rings is 1. The van der Waals surface area contributed by atoms with Gasteiger partial charge in [0.15, 0.2) is 0 Å². The maximum Gasteiger partial charge on any atom is 0.426 e. The number of carbonyl (C=O) groups is 3. The number of carbonyl (C=O) groups excluding carboxylic acids is 3. The van der Waals surface area contributed by atoms with E-state index in [1.54, 1.807) is 30.3 Å². The van der Waals surface area contributed by atoms with Crippen molar-refractivity contribution < 1.29 is 29.0 Å². The molecule has 2 N–H and O–H groups in total. The zero-order valence-corrected chi connectivity index (χ0v) is 19.1. The van der Waals surface area contributed by atoms with E-state index in [0.29, 0.717) is 38.2 Å². The number of nitrogens with zero attached hydrogens (tertiary/aromatic N) is 1. The molecule has 0 bridgehead atoms. The smallest absolute Gasteiger partial charge is 0.426 e. The van der Waals surface area contributed by atoms with Crippen LogP contribution in [-0.2, 0) is 25.6 Å². The SMILES string of the molecule is O=C(Nc1ccccc1-c1ccccc1)OC(=O)C(=O)OC1CCN(Cc2cccc(O)c2)CC1. The van der Waals surface area contributed by atoms with Gasteiger partial charge in [-0.1, -0.05) is 60.7 Å². The first-order valence-electron chi connectivity index (χ1n) is 11.4. The Morgan fingerprint density at radius 1 is 0.886 bits per heavy atom. The van der Waals surface area contributed by atoms with Crippen molar-refractivity contribution >= 4 is 23.7 Å². The molecular formula is C27H26N2O6. The van der Waals surface area contributed by atoms with E-state index in [0.717, 1.165) is 16.7 Å². The van der Waals surface area contributed by atoms with E-state index >= 15 is 0 Å². The van der Waals surface area contributed by atoms with E-state index in [1.807, 2.05) is 48.5 Å². The predicted molar refractivity (Wildman–Crippen MR) is 129 cm³/mol. The van der Waals surface area contributed by atoms with Gasteiger partial charge in [0.25, 0.3) is 0 Å². The van der Waals surface area contributed by atoms with Crippen molar-refractivity contribution in [3.8, 4) is 16.9 Å². The van der Waals surface area contributed by atoms with Crippen LogP contribution in [0.15, 0.2) is 78.9 Å². The molecule has 8 nitrogen and oxygen atoms in total. The minimum Gasteiger partial charge on any atom is -0.508 e. The van der Waals surface area contributed by atoms with Gasteiger partial charge < -0.3 is 14.6 Å². The normalized spacial score (nSPS) is 14.2. The fourth-order valence-electron chi connectivity index (χ4n) is 4.02. The van der Waals surface area contributed by atoms with Crippen LogP contribution in [-0.4, -0.2) is 47.2 Å². The lowest BCUT2D eigenvalue weighted by Gasteiger charge is -2.31. The Morgan fingerprint density at radius 3 is 2.34 bits per heavy atom. The van der Waals surface area contributed by atoms with Crippen molar-refractivity contribution in [2.75, 3.05) is 18.4 Å². The topological polar surface area (TPSA) is 105 Å². The molecule has 0 saturated carbocycles. The molecule has 1 saturated heterocycles. The molecule has 1 heterocycles. The van der Waals surface area contributed by atoms with Crippen molar-refractivity contribution in [1.29, 1.82) is 0 Å². The van der Waals surface area contributed by atoms with Gasteiger partial charge in [0, 0.05) is 25.2 Å². The van der Waals surface area contributed by atoms with Crippen LogP contribution in [0.3, 0.4) is 0 Å². The summed E-state index contributed by atoms with van der Waals surface area (Å²) in [6.45, 7) is 2.00. The number of para-hydroxylation sites is 1. The number of anilines is 1. The molecule has 180 valence electrons. The van der Waals surface area contributed by atoms with Gasteiger partial charge in [0.2, 0.25) is 0 Å². The Bertz CT molecular complexity index is 1190. The monoisotopic (exact) mass is 474 g/mol. The molecule has 0 spiro atoms. The Kier molecular flexibility index (Phi) is 7.74. The second kappa shape index (κ2) is 11.3. The molecule has 4 rings (SSSR count). The molecule has 1 amide bonds. The highest BCUT2D eigenvalue weighted by molar-refractivity contribution is 6.31. The second-order valence-electron chi connectivity index (χ2n) is 8.26. The molecular weight excluding hydrogens is 448 g/mol. The lowest BCUT2D eigenvalue weighted by Crippen LogP contribution is -2.39. The summed E-state index contributed by atoms with van der Waals surface area (Å²) in [5, 5.41) is 12.1. The Hall–Kier alpha value is -4.17. The summed E-state index contributed by atoms with van der Waals surface area (Å²) in [5.74, 6) is -2.33. The fourth-order valence-corrected chi connectivity index (χ4v) is 4.02. The summed E-state index contributed by atoms with van der Waals surface area (Å²) in [5.41, 5.74) is 3.06. The van der Waals surface area contributed by atoms with Gasteiger partial charge in [-0.3, -0.25) is 10.2 Å². The molecule has 8 heteroatoms. The van der Waals surface area contributed by atoms with Crippen LogP contribution in [0.25, 0.3) is 11.1 Å². The lowest BCUT2D eigenvalue weighted by atomic mass is 10.0. The number of nitrogens with one attached hydrogen (secondary N) is 1. The van der Waals surface area contributed by atoms with E-state index in [4.69, 9.17) is 4.74 Å². The lowest BCUT2D eigenvalue weighted by molar-refractivity contribution is -0.168. The van der Waals surface area contributed by atoms with Crippen molar-refractivity contribution in [2.45, 2.75) is 25.5 Å². The standard InChI is InChI=1S/C27H26N2O6/c30-21-10-6-7-19(17-21)18-29-15-13-22(14-16-29)34-25(31)26(32)35-27(33)28-24-12-5-4-11-23(24)20-8-2-1-3-9-20/h1-12,17,22,30H,13-16,18H2,(H,28,33). The van der Waals surface area contributed by atoms with Gasteiger partial charge in [0.05, 0.1) is 5.69 Å². The zero-order chi connectivity index (χ0) is 24.6. The first-order valence-corrected chi connectivity index (χ1v) is 11.4. The molecule has 0 atom stereocenters. The van der Waals surface area contributed by atoms with Gasteiger partial charge in [-0.15, -0.1) is 0 Å². The first kappa shape index (κ1) is 24.0. The van der Waals surface area contributed by atoms with Crippen molar-refractivity contribution in [2.24, 2.45) is 0 Å². The van der Waals surface area contributed by atoms with Crippen LogP contribution >= 0.6 is 0 Å². The third-order valence-corrected chi connectivity index (χ3v) is 5.73. The molecule has 1 fully saturated rings. The Morgan fingerprint density at radius 2 is 1.60 bits per heavy atom. The summed E-state index contributed by atoms with van der Waals surface area (Å²) in [7, 11) is 0. The third kappa shape index (κ3) is 6.68. The number of phenols is 1. The highest BCUT2D eigenvalue weighted by atomic mass is 16.6. The predicted octanol–water partition coefficient (Wildman–Crippen LogP) is 4.34. The summed E-state index contributed by atoms with van der Waals surface area (Å²) >= 11 is 0. The van der Waals surface area contributed by atoms with E-state index in [-0.39, 0.29) is 5.75 Å². The van der Waals surface area contributed by atoms with E-state index in [9.17, 15) is 19.5 Å². The molecule has 1 aliphatic rings. The molecule has 0 unspecified atom stereocenters. The minimum atomic E-state index is -1.36. The molecule has 3 aromatic carbocycles. The average Bonchev–Trinajstić information content (AvgIpc) is 2.86. The summed E-state index contributed by atoms with van der Waals surface area (Å²) in [6.07, 6.45) is -0.392. The molecule has 0 aliphatic carbocycles. The molecule has 1 aliphatic heterocycles.